The summed E-state index contributed by atoms with van der Waals surface area (Å²) in [6.45, 7) is 6.62. The van der Waals surface area contributed by atoms with E-state index in [9.17, 15) is 4.79 Å². The summed E-state index contributed by atoms with van der Waals surface area (Å²) in [5, 5.41) is 4.03. The van der Waals surface area contributed by atoms with Gasteiger partial charge in [0, 0.05) is 18.1 Å². The molecule has 0 saturated heterocycles. The van der Waals surface area contributed by atoms with Gasteiger partial charge in [-0.3, -0.25) is 4.79 Å². The summed E-state index contributed by atoms with van der Waals surface area (Å²) in [7, 11) is 1.43. The normalized spacial score (nSPS) is 13.7. The maximum absolute atomic E-state index is 11.8. The van der Waals surface area contributed by atoms with Gasteiger partial charge in [-0.25, -0.2) is 9.97 Å². The standard InChI is InChI=1S/C15H25N3O2S/c1-5-18-15(3,13(19)20-4)8-6-7-9-21-14-16-10-12(2)11-17-14/h10-11,18H,5-9H2,1-4H3. The molecule has 0 spiro atoms. The van der Waals surface area contributed by atoms with Crippen LogP contribution in [0.1, 0.15) is 38.7 Å². The maximum Gasteiger partial charge on any atom is 0.325 e. The lowest BCUT2D eigenvalue weighted by Gasteiger charge is -2.27. The lowest BCUT2D eigenvalue weighted by molar-refractivity contribution is -0.148. The molecule has 0 radical (unpaired) electrons. The molecule has 0 aliphatic heterocycles. The van der Waals surface area contributed by atoms with Crippen LogP contribution in [0.2, 0.25) is 0 Å². The minimum atomic E-state index is -0.589. The van der Waals surface area contributed by atoms with E-state index in [1.807, 2.05) is 33.2 Å². The molecule has 1 atom stereocenters. The van der Waals surface area contributed by atoms with Gasteiger partial charge in [0.05, 0.1) is 7.11 Å². The molecule has 5 nitrogen and oxygen atoms in total. The Morgan fingerprint density at radius 3 is 2.62 bits per heavy atom. The topological polar surface area (TPSA) is 64.1 Å². The SMILES string of the molecule is CCNC(C)(CCCCSc1ncc(C)cn1)C(=O)OC. The molecule has 0 aliphatic rings. The molecule has 1 rings (SSSR count). The molecule has 1 heterocycles. The van der Waals surface area contributed by atoms with Gasteiger partial charge in [0.2, 0.25) is 0 Å². The second kappa shape index (κ2) is 9.00. The monoisotopic (exact) mass is 311 g/mol. The maximum atomic E-state index is 11.8. The van der Waals surface area contributed by atoms with Crippen LogP contribution in [0.3, 0.4) is 0 Å². The minimum absolute atomic E-state index is 0.195. The molecular formula is C15H25N3O2S. The van der Waals surface area contributed by atoms with Gasteiger partial charge >= 0.3 is 5.97 Å². The molecule has 118 valence electrons. The fourth-order valence-electron chi connectivity index (χ4n) is 2.08. The summed E-state index contributed by atoms with van der Waals surface area (Å²) >= 11 is 1.65. The molecular weight excluding hydrogens is 286 g/mol. The fourth-order valence-corrected chi connectivity index (χ4v) is 2.86. The van der Waals surface area contributed by atoms with Crippen LogP contribution in [0.5, 0.6) is 0 Å². The summed E-state index contributed by atoms with van der Waals surface area (Å²) in [5.41, 5.74) is 0.480. The van der Waals surface area contributed by atoms with Crippen LogP contribution in [0, 0.1) is 6.92 Å². The molecule has 1 aromatic heterocycles. The summed E-state index contributed by atoms with van der Waals surface area (Å²) in [6.07, 6.45) is 6.39. The Hall–Kier alpha value is -1.14. The minimum Gasteiger partial charge on any atom is -0.468 e. The van der Waals surface area contributed by atoms with Crippen LogP contribution < -0.4 is 5.32 Å². The predicted molar refractivity (Wildman–Crippen MR) is 85.4 cm³/mol. The van der Waals surface area contributed by atoms with Gasteiger partial charge in [0.15, 0.2) is 5.16 Å². The van der Waals surface area contributed by atoms with Crippen LogP contribution in [-0.4, -0.2) is 40.9 Å². The Bertz CT molecular complexity index is 439. The van der Waals surface area contributed by atoms with E-state index >= 15 is 0 Å². The number of nitrogens with one attached hydrogen (secondary N) is 1. The van der Waals surface area contributed by atoms with E-state index in [0.717, 1.165) is 42.3 Å². The lowest BCUT2D eigenvalue weighted by Crippen LogP contribution is -2.50. The number of likely N-dealkylation sites (N-methyl/N-ethyl adjacent to an activating group) is 1. The third kappa shape index (κ3) is 6.01. The average Bonchev–Trinajstić information content (AvgIpc) is 2.48. The number of rotatable bonds is 9. The Kier molecular flexibility index (Phi) is 7.67. The third-order valence-electron chi connectivity index (χ3n) is 3.26. The van der Waals surface area contributed by atoms with Gasteiger partial charge in [0.1, 0.15) is 5.54 Å². The predicted octanol–water partition coefficient (Wildman–Crippen LogP) is 2.59. The van der Waals surface area contributed by atoms with E-state index in [1.54, 1.807) is 11.8 Å². The highest BCUT2D eigenvalue weighted by Gasteiger charge is 2.32. The highest BCUT2D eigenvalue weighted by Crippen LogP contribution is 2.19. The number of methoxy groups -OCH3 is 1. The van der Waals surface area contributed by atoms with Gasteiger partial charge in [-0.1, -0.05) is 25.1 Å². The molecule has 1 aromatic rings. The van der Waals surface area contributed by atoms with E-state index in [0.29, 0.717) is 0 Å². The molecule has 0 aromatic carbocycles. The number of aryl methyl sites for hydroxylation is 1. The number of hydrogen-bond donors (Lipinski definition) is 1. The Morgan fingerprint density at radius 1 is 1.38 bits per heavy atom. The number of aromatic nitrogens is 2. The van der Waals surface area contributed by atoms with Crippen molar-refractivity contribution in [3.8, 4) is 0 Å². The zero-order chi connectivity index (χ0) is 15.7. The average molecular weight is 311 g/mol. The van der Waals surface area contributed by atoms with E-state index < -0.39 is 5.54 Å². The fraction of sp³-hybridized carbons (Fsp3) is 0.667. The van der Waals surface area contributed by atoms with Crippen LogP contribution >= 0.6 is 11.8 Å². The summed E-state index contributed by atoms with van der Waals surface area (Å²) in [4.78, 5) is 20.4. The third-order valence-corrected chi connectivity index (χ3v) is 4.22. The van der Waals surface area contributed by atoms with Crippen LogP contribution in [0.4, 0.5) is 0 Å². The largest absolute Gasteiger partial charge is 0.468 e. The zero-order valence-corrected chi connectivity index (χ0v) is 14.1. The van der Waals surface area contributed by atoms with Gasteiger partial charge in [0.25, 0.3) is 0 Å². The van der Waals surface area contributed by atoms with Crippen molar-refractivity contribution >= 4 is 17.7 Å². The number of ether oxygens (including phenoxy) is 1. The van der Waals surface area contributed by atoms with E-state index in [-0.39, 0.29) is 5.97 Å². The molecule has 6 heteroatoms. The molecule has 1 N–H and O–H groups in total. The van der Waals surface area contributed by atoms with Crippen molar-refractivity contribution in [2.75, 3.05) is 19.4 Å². The van der Waals surface area contributed by atoms with E-state index in [4.69, 9.17) is 4.74 Å². The molecule has 1 unspecified atom stereocenters. The Balaban J connectivity index is 2.31. The Morgan fingerprint density at radius 2 is 2.05 bits per heavy atom. The molecule has 0 aliphatic carbocycles. The van der Waals surface area contributed by atoms with Gasteiger partial charge in [-0.2, -0.15) is 0 Å². The van der Waals surface area contributed by atoms with Crippen molar-refractivity contribution in [3.05, 3.63) is 18.0 Å². The molecule has 0 saturated carbocycles. The van der Waals surface area contributed by atoms with E-state index in [1.165, 1.54) is 7.11 Å². The zero-order valence-electron chi connectivity index (χ0n) is 13.3. The second-order valence-electron chi connectivity index (χ2n) is 5.20. The highest BCUT2D eigenvalue weighted by molar-refractivity contribution is 7.99. The second-order valence-corrected chi connectivity index (χ2v) is 6.26. The number of hydrogen-bond acceptors (Lipinski definition) is 6. The van der Waals surface area contributed by atoms with Crippen molar-refractivity contribution in [1.29, 1.82) is 0 Å². The molecule has 0 bridgehead atoms. The van der Waals surface area contributed by atoms with Gasteiger partial charge in [-0.15, -0.1) is 0 Å². The number of unbranched alkanes of at least 4 members (excludes halogenated alkanes) is 1. The molecule has 21 heavy (non-hydrogen) atoms. The highest BCUT2D eigenvalue weighted by atomic mass is 32.2. The van der Waals surface area contributed by atoms with Crippen LogP contribution in [0.15, 0.2) is 17.6 Å². The van der Waals surface area contributed by atoms with Gasteiger partial charge in [-0.05, 0) is 38.8 Å². The smallest absolute Gasteiger partial charge is 0.325 e. The van der Waals surface area contributed by atoms with Crippen LogP contribution in [-0.2, 0) is 9.53 Å². The number of nitrogens with zero attached hydrogens (tertiary/aromatic N) is 2. The van der Waals surface area contributed by atoms with Crippen molar-refractivity contribution in [1.82, 2.24) is 15.3 Å². The summed E-state index contributed by atoms with van der Waals surface area (Å²) < 4.78 is 4.88. The summed E-state index contributed by atoms with van der Waals surface area (Å²) in [6, 6.07) is 0. The quantitative estimate of drug-likeness (QED) is 0.327. The number of thioether (sulfide) groups is 1. The molecule has 0 fully saturated rings. The first kappa shape index (κ1) is 17.9. The Labute approximate surface area is 131 Å². The first-order valence-electron chi connectivity index (χ1n) is 7.26. The van der Waals surface area contributed by atoms with E-state index in [2.05, 4.69) is 15.3 Å². The first-order chi connectivity index (χ1) is 10.0. The number of carbonyl (C=O) groups is 1. The summed E-state index contributed by atoms with van der Waals surface area (Å²) in [5.74, 6) is 0.755. The van der Waals surface area contributed by atoms with Crippen molar-refractivity contribution in [2.24, 2.45) is 0 Å². The van der Waals surface area contributed by atoms with Gasteiger partial charge < -0.3 is 10.1 Å². The first-order valence-corrected chi connectivity index (χ1v) is 8.25. The lowest BCUT2D eigenvalue weighted by atomic mass is 9.95. The number of carbonyl (C=O) groups excluding carboxylic acids is 1. The van der Waals surface area contributed by atoms with Crippen molar-refractivity contribution in [2.45, 2.75) is 50.7 Å². The number of esters is 1. The van der Waals surface area contributed by atoms with Crippen molar-refractivity contribution in [3.63, 3.8) is 0 Å². The van der Waals surface area contributed by atoms with Crippen molar-refractivity contribution < 1.29 is 9.53 Å². The molecule has 0 amide bonds. The van der Waals surface area contributed by atoms with Crippen LogP contribution in [0.25, 0.3) is 0 Å².